The maximum Gasteiger partial charge on any atom is 0.137 e. The van der Waals surface area contributed by atoms with Gasteiger partial charge in [-0.25, -0.2) is 4.39 Å². The first-order valence-electron chi connectivity index (χ1n) is 5.58. The van der Waals surface area contributed by atoms with E-state index < -0.39 is 0 Å². The van der Waals surface area contributed by atoms with Gasteiger partial charge in [-0.05, 0) is 40.5 Å². The van der Waals surface area contributed by atoms with Crippen molar-refractivity contribution in [3.63, 3.8) is 0 Å². The molecule has 1 heterocycles. The zero-order valence-corrected chi connectivity index (χ0v) is 10.9. The molecule has 1 aromatic carbocycles. The predicted molar refractivity (Wildman–Crippen MR) is 67.0 cm³/mol. The Kier molecular flexibility index (Phi) is 3.95. The summed E-state index contributed by atoms with van der Waals surface area (Å²) in [6, 6.07) is 5.62. The number of hydrogen-bond donors (Lipinski definition) is 1. The van der Waals surface area contributed by atoms with Gasteiger partial charge in [-0.3, -0.25) is 4.90 Å². The van der Waals surface area contributed by atoms with E-state index in [1.807, 2.05) is 12.1 Å². The molecule has 0 spiro atoms. The highest BCUT2D eigenvalue weighted by Gasteiger charge is 2.18. The number of hydrogen-bond acceptors (Lipinski definition) is 2. The molecule has 1 fully saturated rings. The molecule has 0 saturated carbocycles. The third kappa shape index (κ3) is 2.62. The molecule has 16 heavy (non-hydrogen) atoms. The van der Waals surface area contributed by atoms with E-state index in [0.29, 0.717) is 10.5 Å². The lowest BCUT2D eigenvalue weighted by atomic mass is 10.1. The van der Waals surface area contributed by atoms with Gasteiger partial charge >= 0.3 is 0 Å². The van der Waals surface area contributed by atoms with E-state index in [2.05, 4.69) is 33.1 Å². The zero-order valence-electron chi connectivity index (χ0n) is 9.34. The number of nitrogens with one attached hydrogen (secondary N) is 1. The zero-order chi connectivity index (χ0) is 11.5. The molecule has 0 amide bonds. The Hall–Kier alpha value is -0.450. The summed E-state index contributed by atoms with van der Waals surface area (Å²) in [6.45, 7) is 6.34. The van der Waals surface area contributed by atoms with Crippen molar-refractivity contribution in [2.24, 2.45) is 0 Å². The first-order chi connectivity index (χ1) is 7.68. The van der Waals surface area contributed by atoms with Gasteiger partial charge in [-0.1, -0.05) is 6.07 Å². The Balaban J connectivity index is 2.12. The molecule has 2 nitrogen and oxygen atoms in total. The molecule has 0 bridgehead atoms. The van der Waals surface area contributed by atoms with E-state index in [0.717, 1.165) is 31.7 Å². The second-order valence-corrected chi connectivity index (χ2v) is 4.99. The van der Waals surface area contributed by atoms with Crippen LogP contribution >= 0.6 is 15.9 Å². The summed E-state index contributed by atoms with van der Waals surface area (Å²) in [5.74, 6) is -0.198. The van der Waals surface area contributed by atoms with Crippen LogP contribution in [0.4, 0.5) is 4.39 Å². The normalized spacial score (nSPS) is 19.7. The predicted octanol–water partition coefficient (Wildman–Crippen LogP) is 2.55. The lowest BCUT2D eigenvalue weighted by molar-refractivity contribution is 0.185. The maximum atomic E-state index is 13.1. The Morgan fingerprint density at radius 2 is 2.06 bits per heavy atom. The van der Waals surface area contributed by atoms with Crippen molar-refractivity contribution in [3.05, 3.63) is 34.1 Å². The van der Waals surface area contributed by atoms with E-state index in [4.69, 9.17) is 0 Å². The quantitative estimate of drug-likeness (QED) is 0.899. The maximum absolute atomic E-state index is 13.1. The number of benzene rings is 1. The van der Waals surface area contributed by atoms with Crippen LogP contribution in [0.15, 0.2) is 22.7 Å². The highest BCUT2D eigenvalue weighted by Crippen LogP contribution is 2.25. The molecule has 1 atom stereocenters. The molecule has 88 valence electrons. The van der Waals surface area contributed by atoms with Crippen LogP contribution < -0.4 is 5.32 Å². The van der Waals surface area contributed by atoms with Gasteiger partial charge < -0.3 is 5.32 Å². The van der Waals surface area contributed by atoms with Gasteiger partial charge in [0.05, 0.1) is 4.47 Å². The van der Waals surface area contributed by atoms with Crippen LogP contribution in [0.3, 0.4) is 0 Å². The van der Waals surface area contributed by atoms with Gasteiger partial charge in [0.15, 0.2) is 0 Å². The summed E-state index contributed by atoms with van der Waals surface area (Å²) in [5, 5.41) is 3.33. The van der Waals surface area contributed by atoms with E-state index in [1.165, 1.54) is 6.07 Å². The van der Waals surface area contributed by atoms with Crippen molar-refractivity contribution in [3.8, 4) is 0 Å². The Labute approximate surface area is 104 Å². The average molecular weight is 287 g/mol. The number of piperazine rings is 1. The third-order valence-electron chi connectivity index (χ3n) is 3.13. The summed E-state index contributed by atoms with van der Waals surface area (Å²) in [5.41, 5.74) is 1.16. The van der Waals surface area contributed by atoms with Crippen LogP contribution in [0, 0.1) is 5.82 Å². The summed E-state index contributed by atoms with van der Waals surface area (Å²) < 4.78 is 13.7. The summed E-state index contributed by atoms with van der Waals surface area (Å²) in [7, 11) is 0. The molecular formula is C12H16BrFN2. The molecule has 2 rings (SSSR count). The van der Waals surface area contributed by atoms with Gasteiger partial charge in [0.1, 0.15) is 5.82 Å². The van der Waals surface area contributed by atoms with Crippen LogP contribution in [0.2, 0.25) is 0 Å². The fourth-order valence-corrected chi connectivity index (χ4v) is 2.45. The third-order valence-corrected chi connectivity index (χ3v) is 3.73. The fraction of sp³-hybridized carbons (Fsp3) is 0.500. The Morgan fingerprint density at radius 3 is 2.69 bits per heavy atom. The number of rotatable bonds is 2. The van der Waals surface area contributed by atoms with Crippen molar-refractivity contribution in [2.45, 2.75) is 13.0 Å². The summed E-state index contributed by atoms with van der Waals surface area (Å²) in [4.78, 5) is 2.41. The molecule has 1 aromatic rings. The number of nitrogens with zero attached hydrogens (tertiary/aromatic N) is 1. The largest absolute Gasteiger partial charge is 0.314 e. The lowest BCUT2D eigenvalue weighted by Gasteiger charge is -2.33. The molecule has 0 aromatic heterocycles. The van der Waals surface area contributed by atoms with Crippen LogP contribution in [0.5, 0.6) is 0 Å². The first-order valence-corrected chi connectivity index (χ1v) is 6.37. The summed E-state index contributed by atoms with van der Waals surface area (Å²) in [6.07, 6.45) is 0. The van der Waals surface area contributed by atoms with E-state index in [1.54, 1.807) is 0 Å². The molecule has 0 radical (unpaired) electrons. The van der Waals surface area contributed by atoms with Crippen molar-refractivity contribution in [1.82, 2.24) is 10.2 Å². The van der Waals surface area contributed by atoms with Crippen LogP contribution in [-0.4, -0.2) is 31.1 Å². The Morgan fingerprint density at radius 1 is 1.38 bits per heavy atom. The minimum Gasteiger partial charge on any atom is -0.314 e. The highest BCUT2D eigenvalue weighted by molar-refractivity contribution is 9.10. The second kappa shape index (κ2) is 5.25. The van der Waals surface area contributed by atoms with Gasteiger partial charge in [0, 0.05) is 32.2 Å². The minimum atomic E-state index is -0.198. The topological polar surface area (TPSA) is 15.3 Å². The molecular weight excluding hydrogens is 271 g/mol. The van der Waals surface area contributed by atoms with Gasteiger partial charge in [0.25, 0.3) is 0 Å². The molecule has 4 heteroatoms. The number of halogens is 2. The van der Waals surface area contributed by atoms with Crippen molar-refractivity contribution in [2.75, 3.05) is 26.2 Å². The van der Waals surface area contributed by atoms with Gasteiger partial charge in [-0.15, -0.1) is 0 Å². The van der Waals surface area contributed by atoms with E-state index in [9.17, 15) is 4.39 Å². The first kappa shape index (κ1) is 12.0. The molecule has 1 aliphatic heterocycles. The Bertz CT molecular complexity index is 364. The fourth-order valence-electron chi connectivity index (χ4n) is 2.05. The lowest BCUT2D eigenvalue weighted by Crippen LogP contribution is -2.44. The standard InChI is InChI=1S/C12H16BrFN2/c1-9(16-6-4-15-5-7-16)10-2-3-12(14)11(13)8-10/h2-3,8-9,15H,4-7H2,1H3/t9-/m1/s1. The monoisotopic (exact) mass is 286 g/mol. The molecule has 1 N–H and O–H groups in total. The molecule has 0 unspecified atom stereocenters. The molecule has 0 aliphatic carbocycles. The van der Waals surface area contributed by atoms with Crippen molar-refractivity contribution in [1.29, 1.82) is 0 Å². The van der Waals surface area contributed by atoms with Crippen molar-refractivity contribution >= 4 is 15.9 Å². The van der Waals surface area contributed by atoms with E-state index in [-0.39, 0.29) is 5.82 Å². The molecule has 1 saturated heterocycles. The second-order valence-electron chi connectivity index (χ2n) is 4.14. The SMILES string of the molecule is C[C@H](c1ccc(F)c(Br)c1)N1CCNCC1. The molecule has 1 aliphatic rings. The van der Waals surface area contributed by atoms with Crippen molar-refractivity contribution < 1.29 is 4.39 Å². The van der Waals surface area contributed by atoms with Gasteiger partial charge in [0.2, 0.25) is 0 Å². The van der Waals surface area contributed by atoms with Crippen LogP contribution in [0.1, 0.15) is 18.5 Å². The van der Waals surface area contributed by atoms with Gasteiger partial charge in [-0.2, -0.15) is 0 Å². The van der Waals surface area contributed by atoms with Crippen LogP contribution in [-0.2, 0) is 0 Å². The smallest absolute Gasteiger partial charge is 0.137 e. The highest BCUT2D eigenvalue weighted by atomic mass is 79.9. The average Bonchev–Trinajstić information content (AvgIpc) is 2.33. The van der Waals surface area contributed by atoms with E-state index >= 15 is 0 Å². The summed E-state index contributed by atoms with van der Waals surface area (Å²) >= 11 is 3.23. The minimum absolute atomic E-state index is 0.198. The van der Waals surface area contributed by atoms with Crippen LogP contribution in [0.25, 0.3) is 0 Å².